The fraction of sp³-hybridized carbons (Fsp3) is 0.400. The minimum Gasteiger partial charge on any atom is -0.369 e. The Hall–Kier alpha value is -0.970. The highest BCUT2D eigenvalue weighted by Gasteiger charge is 2.02. The third-order valence-electron chi connectivity index (χ3n) is 0.895. The fourth-order valence-corrected chi connectivity index (χ4v) is 1.22. The maximum Gasteiger partial charge on any atom is 0.224 e. The summed E-state index contributed by atoms with van der Waals surface area (Å²) in [4.78, 5) is 14.3. The molecule has 1 aromatic heterocycles. The molecule has 2 N–H and O–H groups in total. The first-order valence-electron chi connectivity index (χ1n) is 2.76. The Bertz CT molecular complexity index is 245. The first-order valence-corrected chi connectivity index (χ1v) is 3.53. The average molecular weight is 157 g/mol. The Balaban J connectivity index is 2.67. The van der Waals surface area contributed by atoms with Gasteiger partial charge in [-0.25, -0.2) is 4.98 Å². The van der Waals surface area contributed by atoms with Crippen molar-refractivity contribution in [3.63, 3.8) is 0 Å². The molecule has 0 saturated heterocycles. The predicted molar refractivity (Wildman–Crippen MR) is 37.5 cm³/mol. The van der Waals surface area contributed by atoms with Crippen LogP contribution in [0.1, 0.15) is 10.8 Å². The van der Waals surface area contributed by atoms with Crippen LogP contribution in [0.25, 0.3) is 0 Å². The van der Waals surface area contributed by atoms with Gasteiger partial charge in [0, 0.05) is 0 Å². The standard InChI is InChI=1S/C5H7N3OS/c1-3-7-5(10-8-3)2-4(6)9/h2H2,1H3,(H2,6,9). The molecule has 10 heavy (non-hydrogen) atoms. The molecule has 1 amide bonds. The molecule has 0 aromatic carbocycles. The summed E-state index contributed by atoms with van der Waals surface area (Å²) in [7, 11) is 0. The third kappa shape index (κ3) is 1.77. The van der Waals surface area contributed by atoms with Crippen molar-refractivity contribution in [2.45, 2.75) is 13.3 Å². The Kier molecular flexibility index (Phi) is 1.96. The molecule has 0 aliphatic heterocycles. The second-order valence-electron chi connectivity index (χ2n) is 1.88. The Morgan fingerprint density at radius 3 is 2.90 bits per heavy atom. The zero-order valence-corrected chi connectivity index (χ0v) is 6.31. The molecule has 0 aliphatic rings. The molecule has 5 heteroatoms. The van der Waals surface area contributed by atoms with E-state index >= 15 is 0 Å². The summed E-state index contributed by atoms with van der Waals surface area (Å²) in [6.07, 6.45) is 0.200. The molecular weight excluding hydrogens is 150 g/mol. The van der Waals surface area contributed by atoms with Crippen molar-refractivity contribution < 1.29 is 4.79 Å². The van der Waals surface area contributed by atoms with Crippen LogP contribution in [0.15, 0.2) is 0 Å². The normalized spacial score (nSPS) is 9.70. The van der Waals surface area contributed by atoms with Crippen molar-refractivity contribution >= 4 is 17.4 Å². The fourth-order valence-electron chi connectivity index (χ4n) is 0.561. The second kappa shape index (κ2) is 2.74. The topological polar surface area (TPSA) is 68.9 Å². The number of hydrogen-bond acceptors (Lipinski definition) is 4. The molecule has 0 aliphatic carbocycles. The van der Waals surface area contributed by atoms with Crippen molar-refractivity contribution in [1.82, 2.24) is 9.36 Å². The molecule has 4 nitrogen and oxygen atoms in total. The van der Waals surface area contributed by atoms with Crippen LogP contribution in [0.3, 0.4) is 0 Å². The van der Waals surface area contributed by atoms with Crippen LogP contribution in [0.4, 0.5) is 0 Å². The average Bonchev–Trinajstić information content (AvgIpc) is 2.13. The van der Waals surface area contributed by atoms with E-state index in [-0.39, 0.29) is 12.3 Å². The molecule has 1 heterocycles. The number of nitrogens with two attached hydrogens (primary N) is 1. The van der Waals surface area contributed by atoms with Crippen LogP contribution in [0, 0.1) is 6.92 Å². The lowest BCUT2D eigenvalue weighted by molar-refractivity contribution is -0.117. The molecule has 0 radical (unpaired) electrons. The van der Waals surface area contributed by atoms with Gasteiger partial charge < -0.3 is 5.73 Å². The number of amides is 1. The molecule has 1 aromatic rings. The second-order valence-corrected chi connectivity index (χ2v) is 2.71. The summed E-state index contributed by atoms with van der Waals surface area (Å²) < 4.78 is 3.89. The number of rotatable bonds is 2. The summed E-state index contributed by atoms with van der Waals surface area (Å²) in [6, 6.07) is 0. The van der Waals surface area contributed by atoms with Crippen molar-refractivity contribution in [2.24, 2.45) is 5.73 Å². The number of aryl methyl sites for hydroxylation is 1. The van der Waals surface area contributed by atoms with E-state index in [4.69, 9.17) is 5.73 Å². The molecule has 0 atom stereocenters. The highest BCUT2D eigenvalue weighted by Crippen LogP contribution is 2.03. The van der Waals surface area contributed by atoms with Crippen molar-refractivity contribution in [1.29, 1.82) is 0 Å². The SMILES string of the molecule is Cc1nsc(CC(N)=O)n1. The van der Waals surface area contributed by atoms with E-state index in [0.29, 0.717) is 10.8 Å². The van der Waals surface area contributed by atoms with E-state index in [2.05, 4.69) is 9.36 Å². The lowest BCUT2D eigenvalue weighted by atomic mass is 10.4. The largest absolute Gasteiger partial charge is 0.369 e. The monoisotopic (exact) mass is 157 g/mol. The number of carbonyl (C=O) groups is 1. The van der Waals surface area contributed by atoms with E-state index in [0.717, 1.165) is 0 Å². The summed E-state index contributed by atoms with van der Waals surface area (Å²) in [6.45, 7) is 1.78. The zero-order chi connectivity index (χ0) is 7.56. The lowest BCUT2D eigenvalue weighted by Gasteiger charge is -1.84. The Labute approximate surface area is 62.2 Å². The van der Waals surface area contributed by atoms with Gasteiger partial charge in [0.25, 0.3) is 0 Å². The molecule has 0 saturated carbocycles. The highest BCUT2D eigenvalue weighted by molar-refractivity contribution is 7.05. The number of nitrogens with zero attached hydrogens (tertiary/aromatic N) is 2. The molecular formula is C5H7N3OS. The minimum absolute atomic E-state index is 0.200. The van der Waals surface area contributed by atoms with Crippen LogP contribution >= 0.6 is 11.5 Å². The predicted octanol–water partition coefficient (Wildman–Crippen LogP) is -0.126. The number of carbonyl (C=O) groups excluding carboxylic acids is 1. The number of primary amides is 1. The summed E-state index contributed by atoms with van der Waals surface area (Å²) in [5, 5.41) is 0.685. The Morgan fingerprint density at radius 1 is 1.80 bits per heavy atom. The van der Waals surface area contributed by atoms with Gasteiger partial charge in [-0.3, -0.25) is 4.79 Å². The van der Waals surface area contributed by atoms with Gasteiger partial charge in [0.15, 0.2) is 0 Å². The van der Waals surface area contributed by atoms with E-state index in [9.17, 15) is 4.79 Å². The van der Waals surface area contributed by atoms with Crippen LogP contribution in [-0.4, -0.2) is 15.3 Å². The molecule has 54 valence electrons. The summed E-state index contributed by atoms with van der Waals surface area (Å²) in [5.41, 5.74) is 4.93. The number of hydrogen-bond donors (Lipinski definition) is 1. The first kappa shape index (κ1) is 7.14. The van der Waals surface area contributed by atoms with E-state index in [1.54, 1.807) is 6.92 Å². The highest BCUT2D eigenvalue weighted by atomic mass is 32.1. The summed E-state index contributed by atoms with van der Waals surface area (Å²) in [5.74, 6) is 0.331. The molecule has 0 fully saturated rings. The van der Waals surface area contributed by atoms with Gasteiger partial charge >= 0.3 is 0 Å². The molecule has 1 rings (SSSR count). The van der Waals surface area contributed by atoms with Gasteiger partial charge in [0.05, 0.1) is 6.42 Å². The Morgan fingerprint density at radius 2 is 2.50 bits per heavy atom. The van der Waals surface area contributed by atoms with E-state index < -0.39 is 0 Å². The molecule has 0 spiro atoms. The lowest BCUT2D eigenvalue weighted by Crippen LogP contribution is -2.13. The van der Waals surface area contributed by atoms with Crippen LogP contribution in [0.5, 0.6) is 0 Å². The molecule has 0 bridgehead atoms. The van der Waals surface area contributed by atoms with Gasteiger partial charge in [-0.2, -0.15) is 4.37 Å². The maximum absolute atomic E-state index is 10.3. The summed E-state index contributed by atoms with van der Waals surface area (Å²) >= 11 is 1.22. The molecule has 0 unspecified atom stereocenters. The van der Waals surface area contributed by atoms with Gasteiger partial charge in [0.1, 0.15) is 10.8 Å². The minimum atomic E-state index is -0.365. The maximum atomic E-state index is 10.3. The van der Waals surface area contributed by atoms with Crippen LogP contribution in [-0.2, 0) is 11.2 Å². The van der Waals surface area contributed by atoms with Gasteiger partial charge in [-0.1, -0.05) is 0 Å². The van der Waals surface area contributed by atoms with Crippen molar-refractivity contribution in [2.75, 3.05) is 0 Å². The quantitative estimate of drug-likeness (QED) is 0.650. The van der Waals surface area contributed by atoms with Crippen LogP contribution in [0.2, 0.25) is 0 Å². The smallest absolute Gasteiger partial charge is 0.224 e. The number of aromatic nitrogens is 2. The van der Waals surface area contributed by atoms with Crippen molar-refractivity contribution in [3.05, 3.63) is 10.8 Å². The van der Waals surface area contributed by atoms with E-state index in [1.807, 2.05) is 0 Å². The first-order chi connectivity index (χ1) is 4.68. The van der Waals surface area contributed by atoms with Gasteiger partial charge in [-0.05, 0) is 18.5 Å². The van der Waals surface area contributed by atoms with Gasteiger partial charge in [0.2, 0.25) is 5.91 Å². The van der Waals surface area contributed by atoms with Gasteiger partial charge in [-0.15, -0.1) is 0 Å². The van der Waals surface area contributed by atoms with Crippen LogP contribution < -0.4 is 5.73 Å². The van der Waals surface area contributed by atoms with Crippen molar-refractivity contribution in [3.8, 4) is 0 Å². The van der Waals surface area contributed by atoms with E-state index in [1.165, 1.54) is 11.5 Å². The zero-order valence-electron chi connectivity index (χ0n) is 5.50. The third-order valence-corrected chi connectivity index (χ3v) is 1.70.